The van der Waals surface area contributed by atoms with E-state index in [-0.39, 0.29) is 11.8 Å². The number of ether oxygens (including phenoxy) is 2. The minimum atomic E-state index is -4.55. The van der Waals surface area contributed by atoms with Crippen LogP contribution >= 0.6 is 15.9 Å². The third-order valence-corrected chi connectivity index (χ3v) is 7.99. The number of halogens is 4. The summed E-state index contributed by atoms with van der Waals surface area (Å²) in [6.45, 7) is 5.40. The van der Waals surface area contributed by atoms with E-state index in [2.05, 4.69) is 22.9 Å². The summed E-state index contributed by atoms with van der Waals surface area (Å²) >= 11 is 2.87. The number of hydrogen-bond donors (Lipinski definition) is 0. The molecule has 4 nitrogen and oxygen atoms in total. The molecule has 8 heteroatoms. The second-order valence-electron chi connectivity index (χ2n) is 7.96. The largest absolute Gasteiger partial charge is 0.427 e. The van der Waals surface area contributed by atoms with Crippen molar-refractivity contribution in [2.24, 2.45) is 23.7 Å². The molecule has 1 spiro atoms. The summed E-state index contributed by atoms with van der Waals surface area (Å²) < 4.78 is 50.4. The third kappa shape index (κ3) is 2.06. The molecule has 0 aromatic heterocycles. The summed E-state index contributed by atoms with van der Waals surface area (Å²) in [6.07, 6.45) is -2.79. The van der Waals surface area contributed by atoms with E-state index in [9.17, 15) is 13.2 Å². The SMILES string of the molecule is C[C@H]1CC[C@H]2[C@H](C)[C@](Br)(C(F)(F)F)O[C@@H]3O[C@]4(C)CC[C@@H]1[C@@]32OO4. The van der Waals surface area contributed by atoms with Gasteiger partial charge < -0.3 is 9.47 Å². The van der Waals surface area contributed by atoms with E-state index in [1.807, 2.05) is 0 Å². The fourth-order valence-corrected chi connectivity index (χ4v) is 5.72. The third-order valence-electron chi connectivity index (χ3n) is 6.63. The fraction of sp³-hybridized carbons (Fsp3) is 1.00. The molecule has 4 aliphatic heterocycles. The highest BCUT2D eigenvalue weighted by atomic mass is 79.9. The Morgan fingerprint density at radius 1 is 1.00 bits per heavy atom. The highest BCUT2D eigenvalue weighted by Crippen LogP contribution is 2.65. The molecule has 0 N–H and O–H groups in total. The molecule has 0 amide bonds. The van der Waals surface area contributed by atoms with Crippen LogP contribution in [0.2, 0.25) is 0 Å². The molecule has 138 valence electrons. The van der Waals surface area contributed by atoms with Crippen molar-refractivity contribution in [1.29, 1.82) is 0 Å². The van der Waals surface area contributed by atoms with Crippen molar-refractivity contribution in [3.8, 4) is 0 Å². The lowest BCUT2D eigenvalue weighted by Gasteiger charge is -2.62. The summed E-state index contributed by atoms with van der Waals surface area (Å²) in [5, 5.41) is 0. The minimum absolute atomic E-state index is 0.0540. The van der Waals surface area contributed by atoms with Crippen LogP contribution in [-0.2, 0) is 19.2 Å². The second-order valence-corrected chi connectivity index (χ2v) is 9.14. The number of alkyl halides is 4. The monoisotopic (exact) mass is 414 g/mol. The molecular formula is C16H22BrF3O4. The van der Waals surface area contributed by atoms with Gasteiger partial charge in [0, 0.05) is 18.3 Å². The minimum Gasteiger partial charge on any atom is -0.322 e. The summed E-state index contributed by atoms with van der Waals surface area (Å²) in [7, 11) is 0. The highest BCUT2D eigenvalue weighted by molar-refractivity contribution is 9.10. The Balaban J connectivity index is 1.84. The van der Waals surface area contributed by atoms with Gasteiger partial charge in [-0.1, -0.05) is 13.8 Å². The zero-order valence-electron chi connectivity index (χ0n) is 13.9. The summed E-state index contributed by atoms with van der Waals surface area (Å²) in [6, 6.07) is 0. The molecule has 8 atom stereocenters. The topological polar surface area (TPSA) is 36.9 Å². The zero-order chi connectivity index (χ0) is 17.5. The van der Waals surface area contributed by atoms with Gasteiger partial charge in [0.2, 0.25) is 10.3 Å². The first-order valence-corrected chi connectivity index (χ1v) is 9.31. The van der Waals surface area contributed by atoms with Crippen molar-refractivity contribution >= 4 is 15.9 Å². The molecule has 0 aromatic rings. The van der Waals surface area contributed by atoms with Gasteiger partial charge in [-0.3, -0.25) is 0 Å². The van der Waals surface area contributed by atoms with Crippen LogP contribution in [0.3, 0.4) is 0 Å². The standard InChI is InChI=1S/C16H22BrF3O4/c1-8-4-5-11-9(2)15(17,16(18,19)20)22-12-14(11)10(8)6-7-13(3,21-12)23-24-14/h8-12H,4-7H2,1-3H3/t8-,9-,10-,11-,12-,13-,14-,15+/m0/s1. The van der Waals surface area contributed by atoms with Crippen molar-refractivity contribution in [2.75, 3.05) is 0 Å². The van der Waals surface area contributed by atoms with E-state index in [1.54, 1.807) is 13.8 Å². The molecule has 0 radical (unpaired) electrons. The van der Waals surface area contributed by atoms with Crippen LogP contribution in [0.1, 0.15) is 46.5 Å². The van der Waals surface area contributed by atoms with E-state index in [1.165, 1.54) is 0 Å². The molecule has 5 aliphatic rings. The van der Waals surface area contributed by atoms with Crippen molar-refractivity contribution in [3.05, 3.63) is 0 Å². The second kappa shape index (κ2) is 5.09. The van der Waals surface area contributed by atoms with Crippen LogP contribution in [0.4, 0.5) is 13.2 Å². The normalized spacial score (nSPS) is 57.4. The first-order chi connectivity index (χ1) is 11.0. The van der Waals surface area contributed by atoms with Crippen molar-refractivity contribution in [3.63, 3.8) is 0 Å². The van der Waals surface area contributed by atoms with Crippen LogP contribution in [0, 0.1) is 23.7 Å². The Hall–Kier alpha value is 0.110. The molecule has 5 rings (SSSR count). The lowest BCUT2D eigenvalue weighted by atomic mass is 9.57. The van der Waals surface area contributed by atoms with Gasteiger partial charge in [-0.05, 0) is 54.0 Å². The van der Waals surface area contributed by atoms with Gasteiger partial charge in [0.15, 0.2) is 11.9 Å². The molecule has 24 heavy (non-hydrogen) atoms. The molecule has 0 aromatic carbocycles. The molecule has 1 saturated carbocycles. The maximum absolute atomic E-state index is 13.8. The van der Waals surface area contributed by atoms with E-state index >= 15 is 0 Å². The van der Waals surface area contributed by atoms with Crippen molar-refractivity contribution in [2.45, 2.75) is 74.8 Å². The van der Waals surface area contributed by atoms with Gasteiger partial charge in [0.1, 0.15) is 0 Å². The lowest BCUT2D eigenvalue weighted by Crippen LogP contribution is -2.74. The summed E-state index contributed by atoms with van der Waals surface area (Å²) in [5.74, 6) is -1.88. The fourth-order valence-electron chi connectivity index (χ4n) is 5.23. The lowest BCUT2D eigenvalue weighted by molar-refractivity contribution is -0.577. The molecule has 5 fully saturated rings. The van der Waals surface area contributed by atoms with Gasteiger partial charge in [0.25, 0.3) is 0 Å². The van der Waals surface area contributed by atoms with Gasteiger partial charge in [-0.25, -0.2) is 9.78 Å². The quantitative estimate of drug-likeness (QED) is 0.431. The molecule has 1 aliphatic carbocycles. The average molecular weight is 415 g/mol. The Morgan fingerprint density at radius 3 is 2.38 bits per heavy atom. The average Bonchev–Trinajstić information content (AvgIpc) is 2.70. The Kier molecular flexibility index (Phi) is 3.72. The Bertz CT molecular complexity index is 546. The van der Waals surface area contributed by atoms with E-state index < -0.39 is 34.3 Å². The number of hydrogen-bond acceptors (Lipinski definition) is 4. The summed E-state index contributed by atoms with van der Waals surface area (Å²) in [4.78, 5) is 11.4. The van der Waals surface area contributed by atoms with E-state index in [0.29, 0.717) is 18.8 Å². The smallest absolute Gasteiger partial charge is 0.322 e. The van der Waals surface area contributed by atoms with Crippen molar-refractivity contribution in [1.82, 2.24) is 0 Å². The van der Waals surface area contributed by atoms with Crippen LogP contribution < -0.4 is 0 Å². The zero-order valence-corrected chi connectivity index (χ0v) is 15.4. The van der Waals surface area contributed by atoms with E-state index in [0.717, 1.165) is 12.8 Å². The maximum Gasteiger partial charge on any atom is 0.427 e. The first-order valence-electron chi connectivity index (χ1n) is 8.51. The molecule has 4 saturated heterocycles. The predicted molar refractivity (Wildman–Crippen MR) is 80.8 cm³/mol. The van der Waals surface area contributed by atoms with E-state index in [4.69, 9.17) is 19.2 Å². The summed E-state index contributed by atoms with van der Waals surface area (Å²) in [5.41, 5.74) is -0.977. The van der Waals surface area contributed by atoms with Crippen LogP contribution in [0.5, 0.6) is 0 Å². The van der Waals surface area contributed by atoms with Crippen LogP contribution in [0.25, 0.3) is 0 Å². The number of fused-ring (bicyclic) bond motifs is 2. The van der Waals surface area contributed by atoms with Crippen LogP contribution in [0.15, 0.2) is 0 Å². The maximum atomic E-state index is 13.8. The number of rotatable bonds is 0. The molecule has 2 bridgehead atoms. The Labute approximate surface area is 147 Å². The van der Waals surface area contributed by atoms with Gasteiger partial charge >= 0.3 is 6.18 Å². The molecular weight excluding hydrogens is 393 g/mol. The van der Waals surface area contributed by atoms with Crippen LogP contribution in [-0.4, -0.2) is 28.4 Å². The Morgan fingerprint density at radius 2 is 1.71 bits per heavy atom. The first kappa shape index (κ1) is 17.5. The van der Waals surface area contributed by atoms with Gasteiger partial charge in [0.05, 0.1) is 0 Å². The highest BCUT2D eigenvalue weighted by Gasteiger charge is 2.75. The van der Waals surface area contributed by atoms with Crippen molar-refractivity contribution < 1.29 is 32.4 Å². The molecule has 0 unspecified atom stereocenters. The molecule has 4 heterocycles. The predicted octanol–water partition coefficient (Wildman–Crippen LogP) is 4.52. The van der Waals surface area contributed by atoms with Gasteiger partial charge in [-0.15, -0.1) is 0 Å². The van der Waals surface area contributed by atoms with Gasteiger partial charge in [-0.2, -0.15) is 13.2 Å².